The van der Waals surface area contributed by atoms with Crippen molar-refractivity contribution in [2.24, 2.45) is 5.92 Å². The van der Waals surface area contributed by atoms with E-state index >= 15 is 0 Å². The first-order valence-electron chi connectivity index (χ1n) is 7.04. The molecule has 1 aliphatic rings. The van der Waals surface area contributed by atoms with Crippen LogP contribution in [-0.2, 0) is 4.74 Å². The third-order valence-corrected chi connectivity index (χ3v) is 3.18. The third kappa shape index (κ3) is 4.22. The summed E-state index contributed by atoms with van der Waals surface area (Å²) in [7, 11) is 0. The van der Waals surface area contributed by atoms with Gasteiger partial charge in [-0.25, -0.2) is 0 Å². The summed E-state index contributed by atoms with van der Waals surface area (Å²) in [5.41, 5.74) is 1.29. The number of hydrogen-bond acceptors (Lipinski definition) is 3. The van der Waals surface area contributed by atoms with Crippen LogP contribution >= 0.6 is 0 Å². The summed E-state index contributed by atoms with van der Waals surface area (Å²) >= 11 is 0. The van der Waals surface area contributed by atoms with Crippen LogP contribution in [0.25, 0.3) is 0 Å². The maximum absolute atomic E-state index is 5.70. The Kier molecular flexibility index (Phi) is 4.48. The fourth-order valence-corrected chi connectivity index (χ4v) is 2.23. The molecular weight excluding hydrogens is 238 g/mol. The lowest BCUT2D eigenvalue weighted by molar-refractivity contribution is 0.0127. The molecular formula is C16H25NO2. The number of morpholine rings is 1. The standard InChI is InChI=1S/C16H25NO2/c1-12(2)9-19-14-7-5-13(6-8-14)15-10-18-11-16(3,4)17-15/h5-8,12,15,17H,9-11H2,1-4H3. The van der Waals surface area contributed by atoms with Crippen molar-refractivity contribution in [2.75, 3.05) is 19.8 Å². The zero-order valence-electron chi connectivity index (χ0n) is 12.4. The number of benzene rings is 1. The molecule has 0 aromatic heterocycles. The minimum absolute atomic E-state index is 0.0374. The summed E-state index contributed by atoms with van der Waals surface area (Å²) in [6.45, 7) is 10.9. The van der Waals surface area contributed by atoms with Crippen LogP contribution in [0.1, 0.15) is 39.3 Å². The van der Waals surface area contributed by atoms with Gasteiger partial charge in [0.15, 0.2) is 0 Å². The Morgan fingerprint density at radius 3 is 2.58 bits per heavy atom. The van der Waals surface area contributed by atoms with E-state index in [1.807, 2.05) is 12.1 Å². The van der Waals surface area contributed by atoms with Gasteiger partial charge in [-0.3, -0.25) is 0 Å². The van der Waals surface area contributed by atoms with Gasteiger partial charge in [0.25, 0.3) is 0 Å². The zero-order valence-corrected chi connectivity index (χ0v) is 12.4. The molecule has 1 aromatic carbocycles. The van der Waals surface area contributed by atoms with Crippen molar-refractivity contribution in [2.45, 2.75) is 39.3 Å². The average Bonchev–Trinajstić information content (AvgIpc) is 2.36. The van der Waals surface area contributed by atoms with Gasteiger partial charge in [0.05, 0.1) is 25.9 Å². The molecule has 1 unspecified atom stereocenters. The topological polar surface area (TPSA) is 30.5 Å². The summed E-state index contributed by atoms with van der Waals surface area (Å²) in [4.78, 5) is 0. The summed E-state index contributed by atoms with van der Waals surface area (Å²) < 4.78 is 11.4. The molecule has 1 aromatic rings. The number of ether oxygens (including phenoxy) is 2. The first kappa shape index (κ1) is 14.4. The van der Waals surface area contributed by atoms with Gasteiger partial charge in [-0.05, 0) is 37.5 Å². The van der Waals surface area contributed by atoms with Gasteiger partial charge in [0.1, 0.15) is 5.75 Å². The lowest BCUT2D eigenvalue weighted by atomic mass is 9.99. The summed E-state index contributed by atoms with van der Waals surface area (Å²) in [5.74, 6) is 1.49. The lowest BCUT2D eigenvalue weighted by Gasteiger charge is -2.37. The van der Waals surface area contributed by atoms with E-state index < -0.39 is 0 Å². The van der Waals surface area contributed by atoms with Crippen LogP contribution in [0.15, 0.2) is 24.3 Å². The van der Waals surface area contributed by atoms with Crippen molar-refractivity contribution in [3.63, 3.8) is 0 Å². The second-order valence-corrected chi connectivity index (χ2v) is 6.37. The molecule has 1 aliphatic heterocycles. The third-order valence-electron chi connectivity index (χ3n) is 3.18. The second-order valence-electron chi connectivity index (χ2n) is 6.37. The highest BCUT2D eigenvalue weighted by molar-refractivity contribution is 5.29. The quantitative estimate of drug-likeness (QED) is 0.905. The Labute approximate surface area is 116 Å². The number of hydrogen-bond donors (Lipinski definition) is 1. The van der Waals surface area contributed by atoms with E-state index in [9.17, 15) is 0 Å². The van der Waals surface area contributed by atoms with Gasteiger partial charge < -0.3 is 14.8 Å². The smallest absolute Gasteiger partial charge is 0.119 e. The fraction of sp³-hybridized carbons (Fsp3) is 0.625. The van der Waals surface area contributed by atoms with Crippen LogP contribution in [0.4, 0.5) is 0 Å². The van der Waals surface area contributed by atoms with Crippen LogP contribution in [-0.4, -0.2) is 25.4 Å². The Balaban J connectivity index is 1.98. The molecule has 0 bridgehead atoms. The highest BCUT2D eigenvalue weighted by Gasteiger charge is 2.28. The van der Waals surface area contributed by atoms with Crippen molar-refractivity contribution < 1.29 is 9.47 Å². The molecule has 2 rings (SSSR count). The number of rotatable bonds is 4. The molecule has 1 atom stereocenters. The van der Waals surface area contributed by atoms with E-state index in [4.69, 9.17) is 9.47 Å². The molecule has 0 saturated carbocycles. The predicted molar refractivity (Wildman–Crippen MR) is 77.5 cm³/mol. The predicted octanol–water partition coefficient (Wildman–Crippen LogP) is 3.16. The van der Waals surface area contributed by atoms with E-state index in [0.717, 1.165) is 25.6 Å². The largest absolute Gasteiger partial charge is 0.493 e. The molecule has 1 fully saturated rings. The molecule has 0 radical (unpaired) electrons. The van der Waals surface area contributed by atoms with Crippen molar-refractivity contribution in [1.29, 1.82) is 0 Å². The molecule has 0 spiro atoms. The van der Waals surface area contributed by atoms with Crippen LogP contribution in [0, 0.1) is 5.92 Å². The van der Waals surface area contributed by atoms with Crippen molar-refractivity contribution in [1.82, 2.24) is 5.32 Å². The summed E-state index contributed by atoms with van der Waals surface area (Å²) in [6.07, 6.45) is 0. The molecule has 0 amide bonds. The molecule has 1 N–H and O–H groups in total. The van der Waals surface area contributed by atoms with E-state index in [0.29, 0.717) is 5.92 Å². The van der Waals surface area contributed by atoms with Gasteiger partial charge in [-0.1, -0.05) is 26.0 Å². The van der Waals surface area contributed by atoms with Gasteiger partial charge in [0, 0.05) is 5.54 Å². The van der Waals surface area contributed by atoms with E-state index in [1.54, 1.807) is 0 Å². The fourth-order valence-electron chi connectivity index (χ4n) is 2.23. The van der Waals surface area contributed by atoms with E-state index in [2.05, 4.69) is 45.1 Å². The van der Waals surface area contributed by atoms with Crippen LogP contribution in [0.5, 0.6) is 5.75 Å². The first-order chi connectivity index (χ1) is 8.96. The van der Waals surface area contributed by atoms with Gasteiger partial charge >= 0.3 is 0 Å². The zero-order chi connectivity index (χ0) is 13.9. The molecule has 106 valence electrons. The molecule has 19 heavy (non-hydrogen) atoms. The molecule has 3 nitrogen and oxygen atoms in total. The SMILES string of the molecule is CC(C)COc1ccc(C2COCC(C)(C)N2)cc1. The summed E-state index contributed by atoms with van der Waals surface area (Å²) in [6, 6.07) is 8.60. The van der Waals surface area contributed by atoms with Gasteiger partial charge in [0.2, 0.25) is 0 Å². The normalized spacial score (nSPS) is 22.5. The second kappa shape index (κ2) is 5.93. The molecule has 0 aliphatic carbocycles. The highest BCUT2D eigenvalue weighted by atomic mass is 16.5. The Bertz CT molecular complexity index is 398. The summed E-state index contributed by atoms with van der Waals surface area (Å²) in [5, 5.41) is 3.61. The monoisotopic (exact) mass is 263 g/mol. The highest BCUT2D eigenvalue weighted by Crippen LogP contribution is 2.24. The average molecular weight is 263 g/mol. The maximum atomic E-state index is 5.70. The lowest BCUT2D eigenvalue weighted by Crippen LogP contribution is -2.51. The molecule has 1 heterocycles. The van der Waals surface area contributed by atoms with Crippen LogP contribution in [0.2, 0.25) is 0 Å². The molecule has 3 heteroatoms. The number of nitrogens with one attached hydrogen (secondary N) is 1. The Morgan fingerprint density at radius 1 is 1.32 bits per heavy atom. The molecule has 1 saturated heterocycles. The van der Waals surface area contributed by atoms with Gasteiger partial charge in [-0.2, -0.15) is 0 Å². The van der Waals surface area contributed by atoms with Gasteiger partial charge in [-0.15, -0.1) is 0 Å². The minimum atomic E-state index is 0.0374. The van der Waals surface area contributed by atoms with Crippen LogP contribution < -0.4 is 10.1 Å². The Morgan fingerprint density at radius 2 is 2.00 bits per heavy atom. The van der Waals surface area contributed by atoms with Crippen LogP contribution in [0.3, 0.4) is 0 Å². The van der Waals surface area contributed by atoms with Crippen molar-refractivity contribution in [3.8, 4) is 5.75 Å². The Hall–Kier alpha value is -1.06. The van der Waals surface area contributed by atoms with E-state index in [-0.39, 0.29) is 11.6 Å². The van der Waals surface area contributed by atoms with E-state index in [1.165, 1.54) is 5.56 Å². The van der Waals surface area contributed by atoms with Crippen molar-refractivity contribution >= 4 is 0 Å². The first-order valence-corrected chi connectivity index (χ1v) is 7.04. The minimum Gasteiger partial charge on any atom is -0.493 e. The maximum Gasteiger partial charge on any atom is 0.119 e. The van der Waals surface area contributed by atoms with Crippen molar-refractivity contribution in [3.05, 3.63) is 29.8 Å².